The first-order valence-electron chi connectivity index (χ1n) is 6.23. The van der Waals surface area contributed by atoms with Crippen LogP contribution in [0.3, 0.4) is 0 Å². The van der Waals surface area contributed by atoms with E-state index >= 15 is 0 Å². The fourth-order valence-electron chi connectivity index (χ4n) is 1.65. The number of rotatable bonds is 6. The lowest BCUT2D eigenvalue weighted by Gasteiger charge is -2.08. The van der Waals surface area contributed by atoms with Crippen LogP contribution in [0, 0.1) is 6.92 Å². The largest absolute Gasteiger partial charge is 0.375 e. The average Bonchev–Trinajstić information content (AvgIpc) is 2.43. The molecule has 0 saturated carbocycles. The average molecular weight is 321 g/mol. The van der Waals surface area contributed by atoms with Crippen LogP contribution in [-0.2, 0) is 11.3 Å². The number of hydrogen-bond donors (Lipinski definition) is 1. The molecule has 0 aliphatic rings. The Hall–Kier alpha value is -1.39. The highest BCUT2D eigenvalue weighted by Crippen LogP contribution is 2.16. The number of aromatic nitrogens is 1. The molecule has 1 heterocycles. The van der Waals surface area contributed by atoms with Crippen molar-refractivity contribution in [2.75, 3.05) is 18.5 Å². The Balaban J connectivity index is 1.68. The number of ether oxygens (including phenoxy) is 1. The van der Waals surface area contributed by atoms with Crippen LogP contribution in [0.25, 0.3) is 0 Å². The van der Waals surface area contributed by atoms with Crippen LogP contribution in [0.5, 0.6) is 0 Å². The van der Waals surface area contributed by atoms with Crippen molar-refractivity contribution in [3.8, 4) is 0 Å². The highest BCUT2D eigenvalue weighted by molar-refractivity contribution is 9.10. The quantitative estimate of drug-likeness (QED) is 0.822. The maximum atomic E-state index is 5.60. The van der Waals surface area contributed by atoms with Gasteiger partial charge in [0.15, 0.2) is 0 Å². The third-order valence-electron chi connectivity index (χ3n) is 2.71. The molecule has 100 valence electrons. The Kier molecular flexibility index (Phi) is 5.36. The fraction of sp³-hybridized carbons (Fsp3) is 0.267. The Bertz CT molecular complexity index is 517. The van der Waals surface area contributed by atoms with Crippen molar-refractivity contribution in [2.45, 2.75) is 13.5 Å². The van der Waals surface area contributed by atoms with Crippen molar-refractivity contribution < 1.29 is 4.74 Å². The van der Waals surface area contributed by atoms with Crippen molar-refractivity contribution in [1.29, 1.82) is 0 Å². The first kappa shape index (κ1) is 14.0. The van der Waals surface area contributed by atoms with Gasteiger partial charge in [0.25, 0.3) is 0 Å². The number of nitrogens with zero attached hydrogens (tertiary/aromatic N) is 1. The van der Waals surface area contributed by atoms with Gasteiger partial charge in [0.05, 0.1) is 13.2 Å². The lowest BCUT2D eigenvalue weighted by atomic mass is 10.2. The SMILES string of the molecule is Cc1cc(NCCOCc2ccccc2)ncc1Br. The zero-order valence-corrected chi connectivity index (χ0v) is 12.5. The molecule has 0 bridgehead atoms. The fourth-order valence-corrected chi connectivity index (χ4v) is 1.87. The van der Waals surface area contributed by atoms with Crippen LogP contribution in [0.15, 0.2) is 47.1 Å². The van der Waals surface area contributed by atoms with Crippen LogP contribution in [0.2, 0.25) is 0 Å². The molecule has 0 unspecified atom stereocenters. The summed E-state index contributed by atoms with van der Waals surface area (Å²) in [5.74, 6) is 0.879. The molecule has 0 radical (unpaired) electrons. The van der Waals surface area contributed by atoms with Crippen LogP contribution in [0.1, 0.15) is 11.1 Å². The second kappa shape index (κ2) is 7.26. The summed E-state index contributed by atoms with van der Waals surface area (Å²) in [6.07, 6.45) is 1.81. The summed E-state index contributed by atoms with van der Waals surface area (Å²) >= 11 is 3.43. The van der Waals surface area contributed by atoms with Crippen LogP contribution in [-0.4, -0.2) is 18.1 Å². The zero-order chi connectivity index (χ0) is 13.5. The van der Waals surface area contributed by atoms with E-state index in [1.807, 2.05) is 37.4 Å². The van der Waals surface area contributed by atoms with Gasteiger partial charge in [-0.3, -0.25) is 0 Å². The Morgan fingerprint density at radius 2 is 2.05 bits per heavy atom. The molecule has 1 aromatic heterocycles. The van der Waals surface area contributed by atoms with Gasteiger partial charge in [-0.05, 0) is 40.0 Å². The molecule has 19 heavy (non-hydrogen) atoms. The van der Waals surface area contributed by atoms with E-state index in [9.17, 15) is 0 Å². The van der Waals surface area contributed by atoms with Crippen molar-refractivity contribution in [3.63, 3.8) is 0 Å². The molecule has 0 saturated heterocycles. The molecule has 0 atom stereocenters. The molecule has 0 aliphatic heterocycles. The molecule has 2 aromatic rings. The molecule has 4 heteroatoms. The second-order valence-corrected chi connectivity index (χ2v) is 5.14. The Labute approximate surface area is 122 Å². The predicted octanol–water partition coefficient (Wildman–Crippen LogP) is 3.78. The summed E-state index contributed by atoms with van der Waals surface area (Å²) in [6, 6.07) is 12.2. The van der Waals surface area contributed by atoms with E-state index < -0.39 is 0 Å². The molecular weight excluding hydrogens is 304 g/mol. The van der Waals surface area contributed by atoms with Crippen molar-refractivity contribution >= 4 is 21.7 Å². The molecule has 3 nitrogen and oxygen atoms in total. The van der Waals surface area contributed by atoms with E-state index in [-0.39, 0.29) is 0 Å². The molecule has 1 N–H and O–H groups in total. The Morgan fingerprint density at radius 3 is 2.79 bits per heavy atom. The molecule has 2 rings (SSSR count). The number of nitrogens with one attached hydrogen (secondary N) is 1. The van der Waals surface area contributed by atoms with Crippen LogP contribution < -0.4 is 5.32 Å². The van der Waals surface area contributed by atoms with E-state index in [1.165, 1.54) is 11.1 Å². The van der Waals surface area contributed by atoms with Crippen molar-refractivity contribution in [3.05, 3.63) is 58.2 Å². The zero-order valence-electron chi connectivity index (χ0n) is 10.9. The minimum atomic E-state index is 0.648. The summed E-state index contributed by atoms with van der Waals surface area (Å²) in [7, 11) is 0. The monoisotopic (exact) mass is 320 g/mol. The number of pyridine rings is 1. The molecule has 0 aliphatic carbocycles. The van der Waals surface area contributed by atoms with Gasteiger partial charge in [0.2, 0.25) is 0 Å². The van der Waals surface area contributed by atoms with E-state index in [2.05, 4.69) is 38.4 Å². The van der Waals surface area contributed by atoms with Gasteiger partial charge in [-0.25, -0.2) is 4.98 Å². The molecule has 0 fully saturated rings. The normalized spacial score (nSPS) is 10.4. The topological polar surface area (TPSA) is 34.1 Å². The van der Waals surface area contributed by atoms with Crippen molar-refractivity contribution in [2.24, 2.45) is 0 Å². The summed E-state index contributed by atoms with van der Waals surface area (Å²) in [6.45, 7) is 4.10. The van der Waals surface area contributed by atoms with Gasteiger partial charge in [-0.1, -0.05) is 30.3 Å². The second-order valence-electron chi connectivity index (χ2n) is 4.28. The van der Waals surface area contributed by atoms with Gasteiger partial charge in [0.1, 0.15) is 5.82 Å². The molecular formula is C15H17BrN2O. The maximum absolute atomic E-state index is 5.60. The highest BCUT2D eigenvalue weighted by atomic mass is 79.9. The smallest absolute Gasteiger partial charge is 0.126 e. The van der Waals surface area contributed by atoms with Crippen LogP contribution >= 0.6 is 15.9 Å². The third-order valence-corrected chi connectivity index (χ3v) is 3.54. The van der Waals surface area contributed by atoms with Gasteiger partial charge < -0.3 is 10.1 Å². The third kappa shape index (κ3) is 4.65. The van der Waals surface area contributed by atoms with Crippen LogP contribution in [0.4, 0.5) is 5.82 Å². The first-order chi connectivity index (χ1) is 9.25. The summed E-state index contributed by atoms with van der Waals surface area (Å²) in [5, 5.41) is 3.24. The number of benzene rings is 1. The van der Waals surface area contributed by atoms with Crippen molar-refractivity contribution in [1.82, 2.24) is 4.98 Å². The predicted molar refractivity (Wildman–Crippen MR) is 81.3 cm³/mol. The number of hydrogen-bond acceptors (Lipinski definition) is 3. The van der Waals surface area contributed by atoms with E-state index in [0.29, 0.717) is 13.2 Å². The first-order valence-corrected chi connectivity index (χ1v) is 7.02. The summed E-state index contributed by atoms with van der Waals surface area (Å²) < 4.78 is 6.62. The lowest BCUT2D eigenvalue weighted by Crippen LogP contribution is -2.10. The minimum Gasteiger partial charge on any atom is -0.375 e. The van der Waals surface area contributed by atoms with E-state index in [1.54, 1.807) is 0 Å². The lowest BCUT2D eigenvalue weighted by molar-refractivity contribution is 0.130. The summed E-state index contributed by atoms with van der Waals surface area (Å²) in [5.41, 5.74) is 2.36. The Morgan fingerprint density at radius 1 is 1.26 bits per heavy atom. The maximum Gasteiger partial charge on any atom is 0.126 e. The van der Waals surface area contributed by atoms with E-state index in [4.69, 9.17) is 4.74 Å². The highest BCUT2D eigenvalue weighted by Gasteiger charge is 1.98. The molecule has 1 aromatic carbocycles. The van der Waals surface area contributed by atoms with Gasteiger partial charge in [-0.2, -0.15) is 0 Å². The number of halogens is 1. The number of anilines is 1. The van der Waals surface area contributed by atoms with Gasteiger partial charge in [0, 0.05) is 17.2 Å². The van der Waals surface area contributed by atoms with E-state index in [0.717, 1.165) is 16.8 Å². The molecule has 0 amide bonds. The van der Waals surface area contributed by atoms with Gasteiger partial charge >= 0.3 is 0 Å². The minimum absolute atomic E-state index is 0.648. The summed E-state index contributed by atoms with van der Waals surface area (Å²) in [4.78, 5) is 4.28. The van der Waals surface area contributed by atoms with Gasteiger partial charge in [-0.15, -0.1) is 0 Å². The standard InChI is InChI=1S/C15H17BrN2O/c1-12-9-15(18-10-14(12)16)17-7-8-19-11-13-5-3-2-4-6-13/h2-6,9-10H,7-8,11H2,1H3,(H,17,18). The molecule has 0 spiro atoms. The number of aryl methyl sites for hydroxylation is 1.